The molecule has 1 fully saturated rings. The van der Waals surface area contributed by atoms with Crippen LogP contribution in [0.1, 0.15) is 16.8 Å². The van der Waals surface area contributed by atoms with Crippen molar-refractivity contribution in [2.24, 2.45) is 7.05 Å². The number of fused-ring (bicyclic) bond motifs is 1. The SMILES string of the molecule is Cn1ccn2ncc(C(=O)N3CCCN(c4ccncc4F)CC3)c12. The molecule has 4 rings (SSSR count). The minimum absolute atomic E-state index is 0.0335. The zero-order chi connectivity index (χ0) is 17.4. The van der Waals surface area contributed by atoms with Crippen LogP contribution in [0.4, 0.5) is 10.1 Å². The maximum absolute atomic E-state index is 14.0. The molecule has 1 amide bonds. The number of halogens is 1. The van der Waals surface area contributed by atoms with Gasteiger partial charge in [0.25, 0.3) is 5.91 Å². The third-order valence-electron chi connectivity index (χ3n) is 4.64. The molecule has 3 aromatic rings. The molecule has 0 atom stereocenters. The average molecular weight is 342 g/mol. The first-order chi connectivity index (χ1) is 12.1. The van der Waals surface area contributed by atoms with Gasteiger partial charge in [0, 0.05) is 51.8 Å². The zero-order valence-corrected chi connectivity index (χ0v) is 14.0. The van der Waals surface area contributed by atoms with Crippen molar-refractivity contribution >= 4 is 17.2 Å². The predicted molar refractivity (Wildman–Crippen MR) is 91.1 cm³/mol. The molecular weight excluding hydrogens is 323 g/mol. The van der Waals surface area contributed by atoms with Crippen molar-refractivity contribution in [1.82, 2.24) is 24.1 Å². The van der Waals surface area contributed by atoms with Crippen LogP contribution in [0.25, 0.3) is 5.65 Å². The van der Waals surface area contributed by atoms with Gasteiger partial charge in [-0.1, -0.05) is 0 Å². The second-order valence-corrected chi connectivity index (χ2v) is 6.20. The molecule has 1 saturated heterocycles. The summed E-state index contributed by atoms with van der Waals surface area (Å²) >= 11 is 0. The number of pyridine rings is 1. The lowest BCUT2D eigenvalue weighted by atomic mass is 10.2. The van der Waals surface area contributed by atoms with E-state index in [0.717, 1.165) is 12.1 Å². The van der Waals surface area contributed by atoms with E-state index in [0.29, 0.717) is 37.4 Å². The highest BCUT2D eigenvalue weighted by atomic mass is 19.1. The minimum atomic E-state index is -0.329. The van der Waals surface area contributed by atoms with Gasteiger partial charge >= 0.3 is 0 Å². The van der Waals surface area contributed by atoms with Crippen LogP contribution in [0.15, 0.2) is 37.1 Å². The number of rotatable bonds is 2. The lowest BCUT2D eigenvalue weighted by molar-refractivity contribution is 0.0768. The van der Waals surface area contributed by atoms with Gasteiger partial charge in [0.1, 0.15) is 11.2 Å². The van der Waals surface area contributed by atoms with E-state index >= 15 is 0 Å². The van der Waals surface area contributed by atoms with Gasteiger partial charge in [0.15, 0.2) is 5.82 Å². The molecule has 0 spiro atoms. The Hall–Kier alpha value is -2.90. The Bertz CT molecular complexity index is 917. The van der Waals surface area contributed by atoms with E-state index in [1.165, 1.54) is 6.20 Å². The van der Waals surface area contributed by atoms with E-state index in [1.807, 2.05) is 33.8 Å². The number of imidazole rings is 1. The third-order valence-corrected chi connectivity index (χ3v) is 4.64. The summed E-state index contributed by atoms with van der Waals surface area (Å²) in [6.07, 6.45) is 8.90. The molecule has 0 N–H and O–H groups in total. The van der Waals surface area contributed by atoms with Gasteiger partial charge in [-0.2, -0.15) is 5.10 Å². The Labute approximate surface area is 144 Å². The molecule has 8 heteroatoms. The zero-order valence-electron chi connectivity index (χ0n) is 14.0. The molecular formula is C17H19FN6O. The molecule has 1 aliphatic heterocycles. The van der Waals surface area contributed by atoms with Crippen LogP contribution in [-0.2, 0) is 7.05 Å². The van der Waals surface area contributed by atoms with Crippen LogP contribution in [0.2, 0.25) is 0 Å². The smallest absolute Gasteiger partial charge is 0.259 e. The van der Waals surface area contributed by atoms with Gasteiger partial charge in [0.2, 0.25) is 0 Å². The topological polar surface area (TPSA) is 58.7 Å². The van der Waals surface area contributed by atoms with Crippen LogP contribution in [0.5, 0.6) is 0 Å². The second kappa shape index (κ2) is 6.19. The number of nitrogens with zero attached hydrogens (tertiary/aromatic N) is 6. The van der Waals surface area contributed by atoms with Crippen LogP contribution in [0.3, 0.4) is 0 Å². The number of hydrogen-bond donors (Lipinski definition) is 0. The number of aromatic nitrogens is 4. The van der Waals surface area contributed by atoms with E-state index in [-0.39, 0.29) is 11.7 Å². The van der Waals surface area contributed by atoms with E-state index in [2.05, 4.69) is 10.1 Å². The van der Waals surface area contributed by atoms with Crippen molar-refractivity contribution in [2.45, 2.75) is 6.42 Å². The van der Waals surface area contributed by atoms with Crippen molar-refractivity contribution in [3.8, 4) is 0 Å². The largest absolute Gasteiger partial charge is 0.367 e. The van der Waals surface area contributed by atoms with Gasteiger partial charge in [-0.05, 0) is 12.5 Å². The summed E-state index contributed by atoms with van der Waals surface area (Å²) in [5.74, 6) is -0.363. The quantitative estimate of drug-likeness (QED) is 0.709. The Morgan fingerprint density at radius 2 is 2.04 bits per heavy atom. The minimum Gasteiger partial charge on any atom is -0.367 e. The molecule has 0 radical (unpaired) electrons. The predicted octanol–water partition coefficient (Wildman–Crippen LogP) is 1.56. The Morgan fingerprint density at radius 1 is 1.16 bits per heavy atom. The summed E-state index contributed by atoms with van der Waals surface area (Å²) in [6, 6.07) is 1.68. The molecule has 130 valence electrons. The first-order valence-electron chi connectivity index (χ1n) is 8.27. The summed E-state index contributed by atoms with van der Waals surface area (Å²) in [5.41, 5.74) is 1.92. The molecule has 4 heterocycles. The van der Waals surface area contributed by atoms with E-state index in [4.69, 9.17) is 0 Å². The van der Waals surface area contributed by atoms with Crippen molar-refractivity contribution < 1.29 is 9.18 Å². The fourth-order valence-corrected chi connectivity index (χ4v) is 3.36. The molecule has 3 aromatic heterocycles. The number of carbonyl (C=O) groups excluding carboxylic acids is 1. The standard InChI is InChI=1S/C17H19FN6O/c1-21-7-10-24-16(21)13(11-20-24)17(25)23-6-2-5-22(8-9-23)15-3-4-19-12-14(15)18/h3-4,7,10-12H,2,5-6,8-9H2,1H3. The van der Waals surface area contributed by atoms with Gasteiger partial charge in [0.05, 0.1) is 18.1 Å². The number of amides is 1. The third kappa shape index (κ3) is 2.73. The van der Waals surface area contributed by atoms with Crippen molar-refractivity contribution in [2.75, 3.05) is 31.1 Å². The number of hydrogen-bond acceptors (Lipinski definition) is 4. The summed E-state index contributed by atoms with van der Waals surface area (Å²) in [4.78, 5) is 20.5. The van der Waals surface area contributed by atoms with Gasteiger partial charge < -0.3 is 14.4 Å². The molecule has 1 aliphatic rings. The van der Waals surface area contributed by atoms with Crippen LogP contribution in [-0.4, -0.2) is 56.2 Å². The molecule has 0 aliphatic carbocycles. The maximum atomic E-state index is 14.0. The highest BCUT2D eigenvalue weighted by Gasteiger charge is 2.24. The summed E-state index contributed by atoms with van der Waals surface area (Å²) in [7, 11) is 1.89. The van der Waals surface area contributed by atoms with Crippen molar-refractivity contribution in [1.29, 1.82) is 0 Å². The molecule has 0 unspecified atom stereocenters. The number of anilines is 1. The van der Waals surface area contributed by atoms with Gasteiger partial charge in [-0.3, -0.25) is 9.78 Å². The summed E-state index contributed by atoms with van der Waals surface area (Å²) in [5, 5.41) is 4.23. The second-order valence-electron chi connectivity index (χ2n) is 6.20. The normalized spacial score (nSPS) is 15.6. The van der Waals surface area contributed by atoms with E-state index in [1.54, 1.807) is 23.0 Å². The first-order valence-corrected chi connectivity index (χ1v) is 8.27. The molecule has 0 aromatic carbocycles. The Kier molecular flexibility index (Phi) is 3.87. The molecule has 0 bridgehead atoms. The molecule has 0 saturated carbocycles. The first kappa shape index (κ1) is 15.6. The number of aryl methyl sites for hydroxylation is 1. The average Bonchev–Trinajstić information content (AvgIpc) is 3.10. The fourth-order valence-electron chi connectivity index (χ4n) is 3.36. The monoisotopic (exact) mass is 342 g/mol. The highest BCUT2D eigenvalue weighted by molar-refractivity contribution is 5.99. The van der Waals surface area contributed by atoms with Crippen molar-refractivity contribution in [3.63, 3.8) is 0 Å². The van der Waals surface area contributed by atoms with Crippen LogP contribution < -0.4 is 4.90 Å². The Balaban J connectivity index is 1.54. The van der Waals surface area contributed by atoms with Gasteiger partial charge in [-0.15, -0.1) is 0 Å². The molecule has 25 heavy (non-hydrogen) atoms. The van der Waals surface area contributed by atoms with Crippen LogP contribution in [0, 0.1) is 5.82 Å². The fraction of sp³-hybridized carbons (Fsp3) is 0.353. The van der Waals surface area contributed by atoms with E-state index < -0.39 is 0 Å². The maximum Gasteiger partial charge on any atom is 0.259 e. The van der Waals surface area contributed by atoms with E-state index in [9.17, 15) is 9.18 Å². The lowest BCUT2D eigenvalue weighted by Crippen LogP contribution is -2.35. The lowest BCUT2D eigenvalue weighted by Gasteiger charge is -2.23. The van der Waals surface area contributed by atoms with Crippen molar-refractivity contribution in [3.05, 3.63) is 48.4 Å². The highest BCUT2D eigenvalue weighted by Crippen LogP contribution is 2.20. The summed E-state index contributed by atoms with van der Waals surface area (Å²) in [6.45, 7) is 2.48. The van der Waals surface area contributed by atoms with Gasteiger partial charge in [-0.25, -0.2) is 8.91 Å². The summed E-state index contributed by atoms with van der Waals surface area (Å²) < 4.78 is 17.6. The Morgan fingerprint density at radius 3 is 2.88 bits per heavy atom. The number of carbonyl (C=O) groups is 1. The van der Waals surface area contributed by atoms with Crippen LogP contribution >= 0.6 is 0 Å². The molecule has 7 nitrogen and oxygen atoms in total.